The van der Waals surface area contributed by atoms with E-state index in [-0.39, 0.29) is 0 Å². The maximum absolute atomic E-state index is 5.72. The Bertz CT molecular complexity index is 462. The summed E-state index contributed by atoms with van der Waals surface area (Å²) in [5.74, 6) is 0. The first-order valence-corrected chi connectivity index (χ1v) is 5.48. The summed E-state index contributed by atoms with van der Waals surface area (Å²) < 4.78 is 0. The van der Waals surface area contributed by atoms with E-state index in [1.54, 1.807) is 12.3 Å². The van der Waals surface area contributed by atoms with Crippen LogP contribution in [0.25, 0.3) is 0 Å². The smallest absolute Gasteiger partial charge is 0.0337 e. The summed E-state index contributed by atoms with van der Waals surface area (Å²) in [6.07, 6.45) is 3.61. The van der Waals surface area contributed by atoms with Gasteiger partial charge in [-0.2, -0.15) is 0 Å². The van der Waals surface area contributed by atoms with Crippen LogP contribution < -0.4 is 16.8 Å². The van der Waals surface area contributed by atoms with E-state index >= 15 is 0 Å². The van der Waals surface area contributed by atoms with Gasteiger partial charge in [-0.15, -0.1) is 0 Å². The highest BCUT2D eigenvalue weighted by Gasteiger charge is 1.97. The van der Waals surface area contributed by atoms with E-state index in [4.69, 9.17) is 11.5 Å². The van der Waals surface area contributed by atoms with Gasteiger partial charge in [0.15, 0.2) is 0 Å². The molecule has 0 spiro atoms. The fourth-order valence-corrected chi connectivity index (χ4v) is 1.70. The molecule has 0 saturated carbocycles. The van der Waals surface area contributed by atoms with Gasteiger partial charge in [0.05, 0.1) is 0 Å². The Morgan fingerprint density at radius 2 is 1.71 bits per heavy atom. The Kier molecular flexibility index (Phi) is 3.57. The van der Waals surface area contributed by atoms with Crippen molar-refractivity contribution < 1.29 is 0 Å². The number of aromatic nitrogens is 1. The molecule has 0 saturated heterocycles. The summed E-state index contributed by atoms with van der Waals surface area (Å²) in [4.78, 5) is 4.06. The summed E-state index contributed by atoms with van der Waals surface area (Å²) in [7, 11) is 0. The zero-order valence-electron chi connectivity index (χ0n) is 9.56. The predicted molar refractivity (Wildman–Crippen MR) is 70.0 cm³/mol. The summed E-state index contributed by atoms with van der Waals surface area (Å²) in [6.45, 7) is 1.52. The zero-order chi connectivity index (χ0) is 12.1. The van der Waals surface area contributed by atoms with E-state index in [2.05, 4.69) is 10.3 Å². The Hall–Kier alpha value is -2.07. The minimum Gasteiger partial charge on any atom is -0.399 e. The fourth-order valence-electron chi connectivity index (χ4n) is 1.70. The Labute approximate surface area is 101 Å². The molecule has 0 aliphatic heterocycles. The molecule has 0 fully saturated rings. The number of nitrogen functional groups attached to an aromatic ring is 2. The van der Waals surface area contributed by atoms with E-state index in [1.807, 2.05) is 30.5 Å². The molecule has 0 aliphatic rings. The van der Waals surface area contributed by atoms with Crippen molar-refractivity contribution in [3.05, 3.63) is 53.9 Å². The first-order chi connectivity index (χ1) is 8.24. The number of nitrogens with zero attached hydrogens (tertiary/aromatic N) is 1. The van der Waals surface area contributed by atoms with Crippen molar-refractivity contribution in [2.45, 2.75) is 13.1 Å². The van der Waals surface area contributed by atoms with Crippen molar-refractivity contribution in [3.8, 4) is 0 Å². The molecular formula is C13H16N4. The third-order valence-electron chi connectivity index (χ3n) is 2.42. The van der Waals surface area contributed by atoms with Crippen LogP contribution in [0.15, 0.2) is 42.7 Å². The highest BCUT2D eigenvalue weighted by molar-refractivity contribution is 5.54. The molecule has 2 aromatic rings. The monoisotopic (exact) mass is 228 g/mol. The second-order valence-electron chi connectivity index (χ2n) is 3.97. The maximum Gasteiger partial charge on any atom is 0.0337 e. The van der Waals surface area contributed by atoms with Crippen LogP contribution >= 0.6 is 0 Å². The van der Waals surface area contributed by atoms with E-state index in [0.717, 1.165) is 24.2 Å². The van der Waals surface area contributed by atoms with Crippen LogP contribution in [0.3, 0.4) is 0 Å². The topological polar surface area (TPSA) is 77.0 Å². The number of nitrogens with two attached hydrogens (primary N) is 2. The molecule has 1 aromatic carbocycles. The predicted octanol–water partition coefficient (Wildman–Crippen LogP) is 1.54. The van der Waals surface area contributed by atoms with Gasteiger partial charge in [-0.1, -0.05) is 6.07 Å². The lowest BCUT2D eigenvalue weighted by Gasteiger charge is -2.06. The lowest BCUT2D eigenvalue weighted by atomic mass is 10.1. The average molecular weight is 228 g/mol. The van der Waals surface area contributed by atoms with Crippen LogP contribution in [0, 0.1) is 0 Å². The molecule has 4 nitrogen and oxygen atoms in total. The molecule has 0 amide bonds. The highest BCUT2D eigenvalue weighted by atomic mass is 14.9. The summed E-state index contributed by atoms with van der Waals surface area (Å²) in [5, 5.41) is 3.32. The van der Waals surface area contributed by atoms with Crippen LogP contribution in [-0.2, 0) is 13.1 Å². The first-order valence-electron chi connectivity index (χ1n) is 5.48. The molecule has 0 radical (unpaired) electrons. The third-order valence-corrected chi connectivity index (χ3v) is 2.42. The van der Waals surface area contributed by atoms with Crippen molar-refractivity contribution >= 4 is 11.4 Å². The van der Waals surface area contributed by atoms with Gasteiger partial charge in [0.2, 0.25) is 0 Å². The SMILES string of the molecule is Nc1cc(N)cc(CNCc2cccnc2)c1. The van der Waals surface area contributed by atoms with Crippen molar-refractivity contribution in [1.82, 2.24) is 10.3 Å². The molecule has 1 heterocycles. The van der Waals surface area contributed by atoms with Crippen molar-refractivity contribution in [2.24, 2.45) is 0 Å². The van der Waals surface area contributed by atoms with Crippen molar-refractivity contribution in [3.63, 3.8) is 0 Å². The van der Waals surface area contributed by atoms with Gasteiger partial charge < -0.3 is 16.8 Å². The van der Waals surface area contributed by atoms with E-state index in [9.17, 15) is 0 Å². The Balaban J connectivity index is 1.90. The molecule has 0 unspecified atom stereocenters. The first kappa shape index (κ1) is 11.4. The quantitative estimate of drug-likeness (QED) is 0.694. The normalized spacial score (nSPS) is 10.4. The molecule has 0 atom stereocenters. The van der Waals surface area contributed by atoms with Gasteiger partial charge in [-0.25, -0.2) is 0 Å². The number of hydrogen-bond donors (Lipinski definition) is 3. The number of anilines is 2. The van der Waals surface area contributed by atoms with Crippen LogP contribution in [0.1, 0.15) is 11.1 Å². The highest BCUT2D eigenvalue weighted by Crippen LogP contribution is 2.13. The third kappa shape index (κ3) is 3.46. The summed E-state index contributed by atoms with van der Waals surface area (Å²) in [6, 6.07) is 9.56. The molecule has 5 N–H and O–H groups in total. The van der Waals surface area contributed by atoms with Gasteiger partial charge >= 0.3 is 0 Å². The van der Waals surface area contributed by atoms with Crippen LogP contribution in [-0.4, -0.2) is 4.98 Å². The lowest BCUT2D eigenvalue weighted by molar-refractivity contribution is 0.692. The Morgan fingerprint density at radius 3 is 2.35 bits per heavy atom. The zero-order valence-corrected chi connectivity index (χ0v) is 9.56. The molecule has 0 bridgehead atoms. The maximum atomic E-state index is 5.72. The Morgan fingerprint density at radius 1 is 1.00 bits per heavy atom. The summed E-state index contributed by atoms with van der Waals surface area (Å²) in [5.41, 5.74) is 15.1. The number of nitrogens with one attached hydrogen (secondary N) is 1. The van der Waals surface area contributed by atoms with E-state index < -0.39 is 0 Å². The second-order valence-corrected chi connectivity index (χ2v) is 3.97. The van der Waals surface area contributed by atoms with Gasteiger partial charge in [0.1, 0.15) is 0 Å². The minimum absolute atomic E-state index is 0.697. The number of pyridine rings is 1. The van der Waals surface area contributed by atoms with Gasteiger partial charge in [-0.05, 0) is 35.4 Å². The largest absolute Gasteiger partial charge is 0.399 e. The van der Waals surface area contributed by atoms with E-state index in [1.165, 1.54) is 0 Å². The van der Waals surface area contributed by atoms with Crippen molar-refractivity contribution in [1.29, 1.82) is 0 Å². The van der Waals surface area contributed by atoms with Gasteiger partial charge in [0, 0.05) is 36.9 Å². The molecular weight excluding hydrogens is 212 g/mol. The van der Waals surface area contributed by atoms with Crippen LogP contribution in [0.4, 0.5) is 11.4 Å². The van der Waals surface area contributed by atoms with Crippen molar-refractivity contribution in [2.75, 3.05) is 11.5 Å². The van der Waals surface area contributed by atoms with Gasteiger partial charge in [-0.3, -0.25) is 4.98 Å². The molecule has 2 rings (SSSR count). The van der Waals surface area contributed by atoms with E-state index in [0.29, 0.717) is 11.4 Å². The molecule has 88 valence electrons. The molecule has 4 heteroatoms. The summed E-state index contributed by atoms with van der Waals surface area (Å²) >= 11 is 0. The van der Waals surface area contributed by atoms with Crippen LogP contribution in [0.2, 0.25) is 0 Å². The standard InChI is InChI=1S/C13H16N4/c14-12-4-11(5-13(15)6-12)9-17-8-10-2-1-3-16-7-10/h1-7,17H,8-9,14-15H2. The lowest BCUT2D eigenvalue weighted by Crippen LogP contribution is -2.13. The average Bonchev–Trinajstić information content (AvgIpc) is 2.29. The number of rotatable bonds is 4. The minimum atomic E-state index is 0.697. The fraction of sp³-hybridized carbons (Fsp3) is 0.154. The second kappa shape index (κ2) is 5.32. The van der Waals surface area contributed by atoms with Gasteiger partial charge in [0.25, 0.3) is 0 Å². The molecule has 0 aliphatic carbocycles. The van der Waals surface area contributed by atoms with Crippen LogP contribution in [0.5, 0.6) is 0 Å². The molecule has 17 heavy (non-hydrogen) atoms. The molecule has 1 aromatic heterocycles. The number of hydrogen-bond acceptors (Lipinski definition) is 4. The number of benzene rings is 1.